The van der Waals surface area contributed by atoms with E-state index in [1.165, 1.54) is 14.0 Å². The Morgan fingerprint density at radius 2 is 1.19 bits per heavy atom. The number of hydrogen-bond donors (Lipinski definition) is 2. The minimum Gasteiger partial charge on any atom is -0.478 e. The quantitative estimate of drug-likeness (QED) is 0.525. The number of methoxy groups -OCH3 is 1. The Balaban J connectivity index is -0.000000129. The third-order valence-corrected chi connectivity index (χ3v) is 1.57. The summed E-state index contributed by atoms with van der Waals surface area (Å²) in [5.41, 5.74) is 0.959. The van der Waals surface area contributed by atoms with Crippen molar-refractivity contribution in [2.75, 3.05) is 20.3 Å². The highest BCUT2D eigenvalue weighted by molar-refractivity contribution is 6.55. The molecular formula is C17H26Cl2O7. The van der Waals surface area contributed by atoms with Crippen molar-refractivity contribution in [1.29, 1.82) is 0 Å². The highest BCUT2D eigenvalue weighted by atomic mass is 35.5. The molecule has 0 rings (SSSR count). The van der Waals surface area contributed by atoms with Crippen LogP contribution in [-0.4, -0.2) is 48.4 Å². The van der Waals surface area contributed by atoms with E-state index in [2.05, 4.69) is 35.8 Å². The van der Waals surface area contributed by atoms with Gasteiger partial charge < -0.3 is 19.7 Å². The van der Waals surface area contributed by atoms with Crippen LogP contribution in [0, 0.1) is 0 Å². The Kier molecular flexibility index (Phi) is 25.5. The number of aliphatic hydroxyl groups excluding tert-OH is 1. The molecule has 0 aromatic rings. The Morgan fingerprint density at radius 1 is 0.885 bits per heavy atom. The Labute approximate surface area is 164 Å². The summed E-state index contributed by atoms with van der Waals surface area (Å²) in [7, 11) is 1.33. The molecule has 0 heterocycles. The SMILES string of the molecule is C=C(C)C(=O)O.C=C(C)C(=O)OC.C=C(C)C(=O)OCCO.C=C(Cl)Cl. The number of aliphatic hydroxyl groups is 1. The normalized spacial score (nSPS) is 7.81. The molecule has 0 aliphatic carbocycles. The molecule has 0 amide bonds. The van der Waals surface area contributed by atoms with Crippen molar-refractivity contribution < 1.29 is 34.1 Å². The Hall–Kier alpha value is -2.09. The standard InChI is InChI=1S/C6H10O3.C5H8O2.C4H6O2.C2H2Cl2/c1-5(2)6(8)9-4-3-7;1-4(2)5(6)7-3;1-3(2)4(5)6;1-2(3)4/h7H,1,3-4H2,2H3;1H2,2-3H3;1H2,2H3,(H,5,6);1H2. The molecule has 0 atom stereocenters. The predicted molar refractivity (Wildman–Crippen MR) is 103 cm³/mol. The van der Waals surface area contributed by atoms with Crippen molar-refractivity contribution >= 4 is 41.1 Å². The molecule has 150 valence electrons. The van der Waals surface area contributed by atoms with E-state index in [0.29, 0.717) is 11.1 Å². The number of esters is 2. The molecule has 0 aromatic heterocycles. The number of carbonyl (C=O) groups is 3. The van der Waals surface area contributed by atoms with Crippen molar-refractivity contribution in [3.8, 4) is 0 Å². The average molecular weight is 413 g/mol. The third kappa shape index (κ3) is 37.8. The smallest absolute Gasteiger partial charge is 0.333 e. The maximum atomic E-state index is 10.5. The van der Waals surface area contributed by atoms with E-state index in [9.17, 15) is 14.4 Å². The van der Waals surface area contributed by atoms with Gasteiger partial charge in [-0.25, -0.2) is 14.4 Å². The maximum absolute atomic E-state index is 10.5. The molecule has 2 N–H and O–H groups in total. The first kappa shape index (κ1) is 31.7. The first-order valence-electron chi connectivity index (χ1n) is 6.80. The number of carbonyl (C=O) groups excluding carboxylic acids is 2. The van der Waals surface area contributed by atoms with E-state index >= 15 is 0 Å². The molecule has 0 fully saturated rings. The summed E-state index contributed by atoms with van der Waals surface area (Å²) >= 11 is 9.69. The van der Waals surface area contributed by atoms with Gasteiger partial charge in [0.05, 0.1) is 18.2 Å². The molecule has 0 aromatic carbocycles. The number of carboxylic acid groups (broad SMARTS) is 1. The molecule has 0 bridgehead atoms. The molecule has 0 aliphatic heterocycles. The van der Waals surface area contributed by atoms with Crippen LogP contribution in [0.25, 0.3) is 0 Å². The van der Waals surface area contributed by atoms with Crippen LogP contribution in [0.1, 0.15) is 20.8 Å². The van der Waals surface area contributed by atoms with E-state index in [4.69, 9.17) is 33.4 Å². The number of hydrogen-bond acceptors (Lipinski definition) is 6. The fraction of sp³-hybridized carbons (Fsp3) is 0.353. The number of rotatable bonds is 5. The second-order valence-corrected chi connectivity index (χ2v) is 5.44. The number of aliphatic carboxylic acids is 1. The second-order valence-electron chi connectivity index (χ2n) is 4.34. The van der Waals surface area contributed by atoms with Crippen LogP contribution < -0.4 is 0 Å². The van der Waals surface area contributed by atoms with E-state index in [0.717, 1.165) is 0 Å². The van der Waals surface area contributed by atoms with Gasteiger partial charge in [-0.1, -0.05) is 49.5 Å². The van der Waals surface area contributed by atoms with Crippen molar-refractivity contribution in [2.45, 2.75) is 20.8 Å². The lowest BCUT2D eigenvalue weighted by Crippen LogP contribution is -2.08. The molecule has 0 radical (unpaired) electrons. The van der Waals surface area contributed by atoms with Crippen LogP contribution in [0.2, 0.25) is 0 Å². The molecule has 26 heavy (non-hydrogen) atoms. The summed E-state index contributed by atoms with van der Waals surface area (Å²) in [6.07, 6.45) is 0. The summed E-state index contributed by atoms with van der Waals surface area (Å²) in [6.45, 7) is 17.5. The summed E-state index contributed by atoms with van der Waals surface area (Å²) < 4.78 is 8.85. The lowest BCUT2D eigenvalue weighted by atomic mass is 10.4. The minimum atomic E-state index is -0.935. The highest BCUT2D eigenvalue weighted by Gasteiger charge is 1.99. The highest BCUT2D eigenvalue weighted by Crippen LogP contribution is 1.98. The fourth-order valence-corrected chi connectivity index (χ4v) is 0.436. The molecule has 0 aliphatic rings. The van der Waals surface area contributed by atoms with Crippen LogP contribution in [0.15, 0.2) is 47.5 Å². The molecule has 0 saturated heterocycles. The van der Waals surface area contributed by atoms with Gasteiger partial charge in [0, 0.05) is 16.7 Å². The molecule has 0 spiro atoms. The van der Waals surface area contributed by atoms with Crippen molar-refractivity contribution in [1.82, 2.24) is 0 Å². The summed E-state index contributed by atoms with van der Waals surface area (Å²) in [5, 5.41) is 16.1. The van der Waals surface area contributed by atoms with Crippen LogP contribution >= 0.6 is 23.2 Å². The summed E-state index contributed by atoms with van der Waals surface area (Å²) in [4.78, 5) is 30.3. The molecule has 9 heteroatoms. The largest absolute Gasteiger partial charge is 0.478 e. The van der Waals surface area contributed by atoms with Gasteiger partial charge in [0.2, 0.25) is 0 Å². The van der Waals surface area contributed by atoms with Gasteiger partial charge in [0.1, 0.15) is 6.61 Å². The minimum absolute atomic E-state index is 0.0473. The van der Waals surface area contributed by atoms with Gasteiger partial charge >= 0.3 is 17.9 Å². The fourth-order valence-electron chi connectivity index (χ4n) is 0.436. The van der Waals surface area contributed by atoms with Gasteiger partial charge in [-0.05, 0) is 20.8 Å². The zero-order valence-corrected chi connectivity index (χ0v) is 16.9. The zero-order chi connectivity index (χ0) is 21.9. The topological polar surface area (TPSA) is 110 Å². The number of carboxylic acids is 1. The van der Waals surface area contributed by atoms with E-state index in [1.807, 2.05) is 0 Å². The second kappa shape index (κ2) is 21.0. The van der Waals surface area contributed by atoms with E-state index in [-0.39, 0.29) is 29.2 Å². The first-order chi connectivity index (χ1) is 11.7. The van der Waals surface area contributed by atoms with Crippen LogP contribution in [0.4, 0.5) is 0 Å². The summed E-state index contributed by atoms with van der Waals surface area (Å²) in [6, 6.07) is 0. The summed E-state index contributed by atoms with van der Waals surface area (Å²) in [5.74, 6) is -1.74. The van der Waals surface area contributed by atoms with Crippen LogP contribution in [-0.2, 0) is 23.9 Å². The average Bonchev–Trinajstić information content (AvgIpc) is 2.51. The van der Waals surface area contributed by atoms with Gasteiger partial charge in [-0.15, -0.1) is 0 Å². The monoisotopic (exact) mass is 412 g/mol. The molecule has 7 nitrogen and oxygen atoms in total. The predicted octanol–water partition coefficient (Wildman–Crippen LogP) is 3.42. The molecule has 0 saturated carbocycles. The Morgan fingerprint density at radius 3 is 1.31 bits per heavy atom. The van der Waals surface area contributed by atoms with Crippen molar-refractivity contribution in [2.24, 2.45) is 0 Å². The third-order valence-electron chi connectivity index (χ3n) is 1.57. The lowest BCUT2D eigenvalue weighted by Gasteiger charge is -1.99. The van der Waals surface area contributed by atoms with Gasteiger partial charge in [-0.2, -0.15) is 0 Å². The van der Waals surface area contributed by atoms with Crippen LogP contribution in [0.3, 0.4) is 0 Å². The van der Waals surface area contributed by atoms with Gasteiger partial charge in [-0.3, -0.25) is 0 Å². The lowest BCUT2D eigenvalue weighted by molar-refractivity contribution is -0.140. The van der Waals surface area contributed by atoms with Crippen molar-refractivity contribution in [3.63, 3.8) is 0 Å². The zero-order valence-electron chi connectivity index (χ0n) is 15.4. The Bertz CT molecular complexity index is 495. The van der Waals surface area contributed by atoms with Crippen molar-refractivity contribution in [3.05, 3.63) is 47.5 Å². The molecule has 0 unspecified atom stereocenters. The van der Waals surface area contributed by atoms with Gasteiger partial charge in [0.25, 0.3) is 0 Å². The number of halogens is 2. The van der Waals surface area contributed by atoms with Crippen LogP contribution in [0.5, 0.6) is 0 Å². The first-order valence-corrected chi connectivity index (χ1v) is 7.56. The molecular weight excluding hydrogens is 387 g/mol. The maximum Gasteiger partial charge on any atom is 0.333 e. The number of ether oxygens (including phenoxy) is 2. The van der Waals surface area contributed by atoms with E-state index < -0.39 is 11.9 Å². The van der Waals surface area contributed by atoms with Gasteiger partial charge in [0.15, 0.2) is 0 Å². The van der Waals surface area contributed by atoms with E-state index in [1.54, 1.807) is 13.8 Å².